The number of halogens is 1. The van der Waals surface area contributed by atoms with Gasteiger partial charge in [0.1, 0.15) is 12.4 Å². The van der Waals surface area contributed by atoms with Crippen LogP contribution in [-0.4, -0.2) is 0 Å². The van der Waals surface area contributed by atoms with Gasteiger partial charge < -0.3 is 10.5 Å². The molecule has 0 saturated heterocycles. The molecule has 2 N–H and O–H groups in total. The second kappa shape index (κ2) is 6.60. The molecule has 0 fully saturated rings. The van der Waals surface area contributed by atoms with Crippen molar-refractivity contribution in [3.05, 3.63) is 64.2 Å². The summed E-state index contributed by atoms with van der Waals surface area (Å²) in [5.41, 5.74) is 9.12. The summed E-state index contributed by atoms with van der Waals surface area (Å²) in [4.78, 5) is 0. The highest BCUT2D eigenvalue weighted by atomic mass is 35.5. The highest BCUT2D eigenvalue weighted by molar-refractivity contribution is 6.30. The number of hydrogen-bond donors (Lipinski definition) is 1. The molecule has 3 heteroatoms. The summed E-state index contributed by atoms with van der Waals surface area (Å²) in [6, 6.07) is 14.0. The molecule has 19 heavy (non-hydrogen) atoms. The molecule has 0 bridgehead atoms. The molecule has 2 aromatic carbocycles. The maximum Gasteiger partial charge on any atom is 0.125 e. The number of aryl methyl sites for hydroxylation is 1. The number of nitrogens with two attached hydrogens (primary N) is 1. The van der Waals surface area contributed by atoms with Gasteiger partial charge in [-0.3, -0.25) is 0 Å². The van der Waals surface area contributed by atoms with Gasteiger partial charge in [-0.25, -0.2) is 0 Å². The Bertz CT molecular complexity index is 537. The molecule has 0 heterocycles. The third-order valence-corrected chi connectivity index (χ3v) is 3.31. The van der Waals surface area contributed by atoms with E-state index in [1.807, 2.05) is 18.2 Å². The van der Waals surface area contributed by atoms with Gasteiger partial charge in [-0.1, -0.05) is 48.9 Å². The van der Waals surface area contributed by atoms with Gasteiger partial charge in [-0.05, 0) is 29.7 Å². The maximum absolute atomic E-state index is 5.97. The van der Waals surface area contributed by atoms with Gasteiger partial charge in [-0.15, -0.1) is 0 Å². The van der Waals surface area contributed by atoms with Crippen LogP contribution in [0.3, 0.4) is 0 Å². The highest BCUT2D eigenvalue weighted by Crippen LogP contribution is 2.24. The van der Waals surface area contributed by atoms with E-state index in [2.05, 4.69) is 31.2 Å². The van der Waals surface area contributed by atoms with Crippen molar-refractivity contribution < 1.29 is 4.74 Å². The van der Waals surface area contributed by atoms with Crippen molar-refractivity contribution in [3.63, 3.8) is 0 Å². The summed E-state index contributed by atoms with van der Waals surface area (Å²) in [5, 5.41) is 0.661. The summed E-state index contributed by atoms with van der Waals surface area (Å²) in [6.45, 7) is 3.11. The molecule has 0 amide bonds. The van der Waals surface area contributed by atoms with E-state index in [1.54, 1.807) is 0 Å². The molecule has 0 atom stereocenters. The van der Waals surface area contributed by atoms with E-state index in [0.29, 0.717) is 18.2 Å². The zero-order valence-corrected chi connectivity index (χ0v) is 11.8. The Morgan fingerprint density at radius 2 is 1.74 bits per heavy atom. The lowest BCUT2D eigenvalue weighted by atomic mass is 10.1. The predicted octanol–water partition coefficient (Wildman–Crippen LogP) is 3.94. The van der Waals surface area contributed by atoms with Gasteiger partial charge in [-0.2, -0.15) is 0 Å². The van der Waals surface area contributed by atoms with Crippen molar-refractivity contribution in [1.82, 2.24) is 0 Å². The lowest BCUT2D eigenvalue weighted by Crippen LogP contribution is -2.02. The van der Waals surface area contributed by atoms with Crippen molar-refractivity contribution >= 4 is 11.6 Å². The molecule has 0 aliphatic heterocycles. The van der Waals surface area contributed by atoms with Gasteiger partial charge in [0.2, 0.25) is 0 Å². The van der Waals surface area contributed by atoms with E-state index in [9.17, 15) is 0 Å². The molecule has 2 nitrogen and oxygen atoms in total. The van der Waals surface area contributed by atoms with Crippen molar-refractivity contribution in [2.75, 3.05) is 0 Å². The molecule has 0 unspecified atom stereocenters. The van der Waals surface area contributed by atoms with Crippen LogP contribution in [0.2, 0.25) is 5.02 Å². The molecule has 2 aromatic rings. The minimum absolute atomic E-state index is 0.446. The lowest BCUT2D eigenvalue weighted by Gasteiger charge is -2.11. The quantitative estimate of drug-likeness (QED) is 0.897. The fraction of sp³-hybridized carbons (Fsp3) is 0.250. The highest BCUT2D eigenvalue weighted by Gasteiger charge is 2.04. The molecule has 0 aliphatic rings. The number of benzene rings is 2. The fourth-order valence-corrected chi connectivity index (χ4v) is 2.03. The second-order valence-electron chi connectivity index (χ2n) is 4.41. The van der Waals surface area contributed by atoms with Gasteiger partial charge >= 0.3 is 0 Å². The topological polar surface area (TPSA) is 35.2 Å². The van der Waals surface area contributed by atoms with Crippen LogP contribution in [0.15, 0.2) is 42.5 Å². The molecule has 0 aromatic heterocycles. The average molecular weight is 276 g/mol. The first-order chi connectivity index (χ1) is 9.22. The SMILES string of the molecule is CCc1ccc(COc2cc(Cl)ccc2CN)cc1. The van der Waals surface area contributed by atoms with E-state index in [1.165, 1.54) is 5.56 Å². The summed E-state index contributed by atoms with van der Waals surface area (Å²) in [7, 11) is 0. The van der Waals surface area contributed by atoms with Crippen molar-refractivity contribution in [1.29, 1.82) is 0 Å². The van der Waals surface area contributed by atoms with Gasteiger partial charge in [0.05, 0.1) is 0 Å². The first kappa shape index (κ1) is 13.9. The largest absolute Gasteiger partial charge is 0.489 e. The van der Waals surface area contributed by atoms with E-state index in [0.717, 1.165) is 23.3 Å². The molecule has 0 saturated carbocycles. The zero-order valence-electron chi connectivity index (χ0n) is 11.0. The minimum atomic E-state index is 0.446. The smallest absolute Gasteiger partial charge is 0.125 e. The number of rotatable bonds is 5. The number of ether oxygens (including phenoxy) is 1. The molecular formula is C16H18ClNO. The monoisotopic (exact) mass is 275 g/mol. The van der Waals surface area contributed by atoms with E-state index >= 15 is 0 Å². The Morgan fingerprint density at radius 3 is 2.37 bits per heavy atom. The lowest BCUT2D eigenvalue weighted by molar-refractivity contribution is 0.303. The van der Waals surface area contributed by atoms with E-state index in [-0.39, 0.29) is 0 Å². The van der Waals surface area contributed by atoms with Crippen LogP contribution >= 0.6 is 11.6 Å². The van der Waals surface area contributed by atoms with Gasteiger partial charge in [0, 0.05) is 17.1 Å². The van der Waals surface area contributed by atoms with Crippen molar-refractivity contribution in [2.24, 2.45) is 5.73 Å². The van der Waals surface area contributed by atoms with Crippen LogP contribution in [0.5, 0.6) is 5.75 Å². The number of hydrogen-bond acceptors (Lipinski definition) is 2. The maximum atomic E-state index is 5.97. The summed E-state index contributed by atoms with van der Waals surface area (Å²) in [5.74, 6) is 0.759. The van der Waals surface area contributed by atoms with Crippen LogP contribution in [0.25, 0.3) is 0 Å². The average Bonchev–Trinajstić information content (AvgIpc) is 2.46. The summed E-state index contributed by atoms with van der Waals surface area (Å²) in [6.07, 6.45) is 1.05. The van der Waals surface area contributed by atoms with E-state index in [4.69, 9.17) is 22.1 Å². The Kier molecular flexibility index (Phi) is 4.83. The summed E-state index contributed by atoms with van der Waals surface area (Å²) < 4.78 is 5.80. The van der Waals surface area contributed by atoms with Crippen molar-refractivity contribution in [2.45, 2.75) is 26.5 Å². The van der Waals surface area contributed by atoms with E-state index < -0.39 is 0 Å². The Hall–Kier alpha value is -1.51. The standard InChI is InChI=1S/C16H18ClNO/c1-2-12-3-5-13(6-4-12)11-19-16-9-15(17)8-7-14(16)10-18/h3-9H,2,10-11,18H2,1H3. The second-order valence-corrected chi connectivity index (χ2v) is 4.85. The zero-order chi connectivity index (χ0) is 13.7. The molecular weight excluding hydrogens is 258 g/mol. The van der Waals surface area contributed by atoms with Gasteiger partial charge in [0.25, 0.3) is 0 Å². The molecule has 0 spiro atoms. The fourth-order valence-electron chi connectivity index (χ4n) is 1.86. The Morgan fingerprint density at radius 1 is 1.05 bits per heavy atom. The first-order valence-corrected chi connectivity index (χ1v) is 6.80. The summed E-state index contributed by atoms with van der Waals surface area (Å²) >= 11 is 5.97. The first-order valence-electron chi connectivity index (χ1n) is 6.42. The van der Waals surface area contributed by atoms with Crippen LogP contribution in [0, 0.1) is 0 Å². The van der Waals surface area contributed by atoms with Crippen LogP contribution < -0.4 is 10.5 Å². The third-order valence-electron chi connectivity index (χ3n) is 3.07. The van der Waals surface area contributed by atoms with Crippen LogP contribution in [-0.2, 0) is 19.6 Å². The van der Waals surface area contributed by atoms with Crippen LogP contribution in [0.4, 0.5) is 0 Å². The van der Waals surface area contributed by atoms with Crippen LogP contribution in [0.1, 0.15) is 23.6 Å². The normalized spacial score (nSPS) is 10.5. The Labute approximate surface area is 119 Å². The Balaban J connectivity index is 2.07. The third kappa shape index (κ3) is 3.72. The molecule has 0 aliphatic carbocycles. The predicted molar refractivity (Wildman–Crippen MR) is 79.5 cm³/mol. The van der Waals surface area contributed by atoms with Gasteiger partial charge in [0.15, 0.2) is 0 Å². The van der Waals surface area contributed by atoms with Crippen molar-refractivity contribution in [3.8, 4) is 5.75 Å². The molecule has 0 radical (unpaired) electrons. The molecule has 100 valence electrons. The minimum Gasteiger partial charge on any atom is -0.489 e. The molecule has 2 rings (SSSR count).